The number of fused-ring (bicyclic) bond motifs is 1. The fourth-order valence-corrected chi connectivity index (χ4v) is 4.14. The topological polar surface area (TPSA) is 149 Å². The second kappa shape index (κ2) is 9.13. The van der Waals surface area contributed by atoms with Gasteiger partial charge < -0.3 is 19.4 Å². The van der Waals surface area contributed by atoms with Crippen molar-refractivity contribution in [2.45, 2.75) is 44.2 Å². The van der Waals surface area contributed by atoms with Crippen molar-refractivity contribution < 1.29 is 32.0 Å². The van der Waals surface area contributed by atoms with Crippen molar-refractivity contribution in [3.8, 4) is 0 Å². The maximum Gasteiger partial charge on any atom is 0.329 e. The van der Waals surface area contributed by atoms with Crippen LogP contribution in [-0.4, -0.2) is 44.9 Å². The summed E-state index contributed by atoms with van der Waals surface area (Å²) >= 11 is 0. The Kier molecular flexibility index (Phi) is 6.70. The molecule has 172 valence electrons. The molecule has 0 saturated carbocycles. The van der Waals surface area contributed by atoms with Crippen LogP contribution >= 0.6 is 0 Å². The Hall–Kier alpha value is -3.18. The molecule has 0 aliphatic carbocycles. The van der Waals surface area contributed by atoms with Crippen LogP contribution in [0.4, 0.5) is 5.69 Å². The molecule has 1 aliphatic rings. The number of hydrogen-bond acceptors (Lipinski definition) is 7. The van der Waals surface area contributed by atoms with Crippen LogP contribution in [0.15, 0.2) is 45.9 Å². The number of furan rings is 1. The van der Waals surface area contributed by atoms with E-state index >= 15 is 0 Å². The summed E-state index contributed by atoms with van der Waals surface area (Å²) in [6.45, 7) is 4.74. The predicted octanol–water partition coefficient (Wildman–Crippen LogP) is 1.20. The number of carbonyl (C=O) groups is 3. The molecule has 1 aliphatic heterocycles. The largest absolute Gasteiger partial charge is 0.459 e. The number of anilines is 1. The van der Waals surface area contributed by atoms with Crippen LogP contribution in [-0.2, 0) is 30.8 Å². The summed E-state index contributed by atoms with van der Waals surface area (Å²) < 4.78 is 33.4. The molecule has 0 radical (unpaired) electrons. The molecule has 0 fully saturated rings. The summed E-state index contributed by atoms with van der Waals surface area (Å²) in [6.07, 6.45) is 1.78. The molecule has 2 amide bonds. The van der Waals surface area contributed by atoms with Crippen molar-refractivity contribution in [3.63, 3.8) is 0 Å². The van der Waals surface area contributed by atoms with Gasteiger partial charge in [-0.1, -0.05) is 13.8 Å². The molecule has 1 aromatic carbocycles. The first kappa shape index (κ1) is 23.5. The van der Waals surface area contributed by atoms with E-state index in [9.17, 15) is 22.8 Å². The molecule has 11 heteroatoms. The van der Waals surface area contributed by atoms with E-state index in [2.05, 4.69) is 5.32 Å². The van der Waals surface area contributed by atoms with Gasteiger partial charge in [-0.15, -0.1) is 0 Å². The normalized spacial score (nSPS) is 16.5. The van der Waals surface area contributed by atoms with Gasteiger partial charge in [0.2, 0.25) is 10.0 Å². The van der Waals surface area contributed by atoms with Gasteiger partial charge in [0.15, 0.2) is 12.4 Å². The van der Waals surface area contributed by atoms with Crippen LogP contribution < -0.4 is 15.4 Å². The van der Waals surface area contributed by atoms with E-state index in [4.69, 9.17) is 14.3 Å². The van der Waals surface area contributed by atoms with E-state index in [1.807, 2.05) is 0 Å². The Morgan fingerprint density at radius 2 is 2.00 bits per heavy atom. The minimum absolute atomic E-state index is 0.0312. The molecule has 0 spiro atoms. The van der Waals surface area contributed by atoms with Gasteiger partial charge >= 0.3 is 5.97 Å². The lowest BCUT2D eigenvalue weighted by Crippen LogP contribution is -2.46. The number of hydrogen-bond donors (Lipinski definition) is 2. The van der Waals surface area contributed by atoms with Crippen LogP contribution in [0.3, 0.4) is 0 Å². The van der Waals surface area contributed by atoms with E-state index in [1.54, 1.807) is 26.8 Å². The van der Waals surface area contributed by atoms with Crippen LogP contribution in [0.25, 0.3) is 0 Å². The minimum Gasteiger partial charge on any atom is -0.459 e. The third kappa shape index (κ3) is 5.00. The van der Waals surface area contributed by atoms with Gasteiger partial charge in [0, 0.05) is 11.7 Å². The number of nitrogens with zero attached hydrogens (tertiary/aromatic N) is 1. The van der Waals surface area contributed by atoms with Crippen molar-refractivity contribution >= 4 is 33.5 Å². The number of amides is 2. The Bertz CT molecular complexity index is 1130. The fourth-order valence-electron chi connectivity index (χ4n) is 3.57. The zero-order chi connectivity index (χ0) is 23.6. The Labute approximate surface area is 185 Å². The highest BCUT2D eigenvalue weighted by atomic mass is 32.2. The summed E-state index contributed by atoms with van der Waals surface area (Å²) in [6, 6.07) is 6.08. The molecule has 0 bridgehead atoms. The van der Waals surface area contributed by atoms with Crippen LogP contribution in [0.2, 0.25) is 0 Å². The van der Waals surface area contributed by atoms with Gasteiger partial charge in [-0.05, 0) is 55.2 Å². The number of primary sulfonamides is 1. The molecule has 2 atom stereocenters. The molecule has 0 saturated heterocycles. The van der Waals surface area contributed by atoms with Crippen molar-refractivity contribution in [1.82, 2.24) is 5.32 Å². The first-order chi connectivity index (χ1) is 15.0. The van der Waals surface area contributed by atoms with E-state index < -0.39 is 40.5 Å². The van der Waals surface area contributed by atoms with E-state index in [0.29, 0.717) is 17.7 Å². The first-order valence-corrected chi connectivity index (χ1v) is 11.5. The molecule has 32 heavy (non-hydrogen) atoms. The summed E-state index contributed by atoms with van der Waals surface area (Å²) in [5.41, 5.74) is 1.20. The van der Waals surface area contributed by atoms with Gasteiger partial charge in [0.05, 0.1) is 11.2 Å². The lowest BCUT2D eigenvalue weighted by Gasteiger charge is -2.24. The average molecular weight is 464 g/mol. The zero-order valence-electron chi connectivity index (χ0n) is 17.9. The standard InChI is InChI=1S/C21H25N3O7S/c1-12(2)19(23-20(26)17-5-4-8-30-17)21(27)31-11-18(25)24-13(3)9-14-10-15(32(22,28)29)6-7-16(14)24/h4-8,10,12-13,19H,9,11H2,1-3H3,(H,23,26)(H2,22,28,29)/t13?,19-/m0/s1. The van der Waals surface area contributed by atoms with Crippen LogP contribution in [0.1, 0.15) is 36.9 Å². The quantitative estimate of drug-likeness (QED) is 0.586. The van der Waals surface area contributed by atoms with E-state index in [-0.39, 0.29) is 22.6 Å². The van der Waals surface area contributed by atoms with Crippen molar-refractivity contribution in [2.24, 2.45) is 11.1 Å². The van der Waals surface area contributed by atoms with Gasteiger partial charge in [0.1, 0.15) is 6.04 Å². The predicted molar refractivity (Wildman–Crippen MR) is 114 cm³/mol. The average Bonchev–Trinajstić information content (AvgIpc) is 3.35. The van der Waals surface area contributed by atoms with Gasteiger partial charge in [-0.3, -0.25) is 9.59 Å². The molecule has 2 aromatic rings. The highest BCUT2D eigenvalue weighted by molar-refractivity contribution is 7.89. The van der Waals surface area contributed by atoms with Gasteiger partial charge in [-0.2, -0.15) is 0 Å². The number of esters is 1. The SMILES string of the molecule is CC(C)[C@H](NC(=O)c1ccco1)C(=O)OCC(=O)N1c2ccc(S(N)(=O)=O)cc2CC1C. The number of nitrogens with two attached hydrogens (primary N) is 1. The van der Waals surface area contributed by atoms with Crippen LogP contribution in [0.5, 0.6) is 0 Å². The second-order valence-corrected chi connectivity index (χ2v) is 9.49. The molecular weight excluding hydrogens is 438 g/mol. The highest BCUT2D eigenvalue weighted by Crippen LogP contribution is 2.33. The van der Waals surface area contributed by atoms with Crippen molar-refractivity contribution in [3.05, 3.63) is 47.9 Å². The summed E-state index contributed by atoms with van der Waals surface area (Å²) in [5, 5.41) is 7.73. The molecule has 1 aromatic heterocycles. The molecule has 3 rings (SSSR count). The van der Waals surface area contributed by atoms with Crippen LogP contribution in [0, 0.1) is 5.92 Å². The number of benzene rings is 1. The minimum atomic E-state index is -3.86. The van der Waals surface area contributed by atoms with Crippen molar-refractivity contribution in [1.29, 1.82) is 0 Å². The maximum atomic E-state index is 12.8. The van der Waals surface area contributed by atoms with Gasteiger partial charge in [-0.25, -0.2) is 18.4 Å². The Morgan fingerprint density at radius 1 is 1.28 bits per heavy atom. The maximum absolute atomic E-state index is 12.8. The van der Waals surface area contributed by atoms with Crippen molar-refractivity contribution in [2.75, 3.05) is 11.5 Å². The molecule has 10 nitrogen and oxygen atoms in total. The summed E-state index contributed by atoms with van der Waals surface area (Å²) in [5.74, 6) is -2.01. The monoisotopic (exact) mass is 463 g/mol. The van der Waals surface area contributed by atoms with E-state index in [0.717, 1.165) is 0 Å². The third-order valence-corrected chi connectivity index (χ3v) is 6.06. The third-order valence-electron chi connectivity index (χ3n) is 5.15. The number of rotatable bonds is 7. The highest BCUT2D eigenvalue weighted by Gasteiger charge is 2.33. The lowest BCUT2D eigenvalue weighted by atomic mass is 10.0. The Morgan fingerprint density at radius 3 is 2.59 bits per heavy atom. The lowest BCUT2D eigenvalue weighted by molar-refractivity contribution is -0.150. The molecule has 3 N–H and O–H groups in total. The Balaban J connectivity index is 1.67. The number of ether oxygens (including phenoxy) is 1. The summed E-state index contributed by atoms with van der Waals surface area (Å²) in [7, 11) is -3.86. The second-order valence-electron chi connectivity index (χ2n) is 7.93. The first-order valence-electron chi connectivity index (χ1n) is 9.98. The smallest absolute Gasteiger partial charge is 0.329 e. The van der Waals surface area contributed by atoms with E-state index in [1.165, 1.54) is 35.4 Å². The summed E-state index contributed by atoms with van der Waals surface area (Å²) in [4.78, 5) is 39.0. The molecule has 2 heterocycles. The number of sulfonamides is 1. The van der Waals surface area contributed by atoms with Gasteiger partial charge in [0.25, 0.3) is 11.8 Å². The molecular formula is C21H25N3O7S. The zero-order valence-corrected chi connectivity index (χ0v) is 18.7. The number of carbonyl (C=O) groups excluding carboxylic acids is 3. The molecule has 1 unspecified atom stereocenters. The number of nitrogens with one attached hydrogen (secondary N) is 1. The fraction of sp³-hybridized carbons (Fsp3) is 0.381.